The molecule has 0 aromatic heterocycles. The van der Waals surface area contributed by atoms with Crippen molar-refractivity contribution < 1.29 is 5.11 Å². The summed E-state index contributed by atoms with van der Waals surface area (Å²) in [7, 11) is 0. The molecule has 0 heterocycles. The Hall–Kier alpha value is -0.0500. The summed E-state index contributed by atoms with van der Waals surface area (Å²) in [5.74, 6) is 2.54. The second-order valence-corrected chi connectivity index (χ2v) is 7.14. The number of hydrogen-bond acceptors (Lipinski definition) is 1. The third-order valence-corrected chi connectivity index (χ3v) is 5.65. The van der Waals surface area contributed by atoms with Crippen molar-refractivity contribution in [3.63, 3.8) is 0 Å². The maximum Gasteiger partial charge on any atom is 0.0803 e. The predicted molar refractivity (Wildman–Crippen MR) is 77.7 cm³/mol. The van der Waals surface area contributed by atoms with E-state index in [1.54, 1.807) is 0 Å². The summed E-state index contributed by atoms with van der Waals surface area (Å²) in [4.78, 5) is 0. The van der Waals surface area contributed by atoms with E-state index in [9.17, 15) is 5.11 Å². The Morgan fingerprint density at radius 2 is 2.17 bits per heavy atom. The van der Waals surface area contributed by atoms with Crippen LogP contribution in [0.2, 0.25) is 5.02 Å². The Bertz CT molecular complexity index is 448. The van der Waals surface area contributed by atoms with Crippen LogP contribution in [0.1, 0.15) is 43.8 Å². The van der Waals surface area contributed by atoms with E-state index >= 15 is 0 Å². The van der Waals surface area contributed by atoms with Gasteiger partial charge in [-0.1, -0.05) is 40.0 Å². The average Bonchev–Trinajstić information content (AvgIpc) is 2.90. The molecule has 0 amide bonds. The summed E-state index contributed by atoms with van der Waals surface area (Å²) in [6, 6.07) is 5.65. The van der Waals surface area contributed by atoms with Gasteiger partial charge in [-0.05, 0) is 61.1 Å². The molecule has 4 atom stereocenters. The molecule has 2 bridgehead atoms. The van der Waals surface area contributed by atoms with Crippen LogP contribution < -0.4 is 0 Å². The van der Waals surface area contributed by atoms with E-state index in [2.05, 4.69) is 15.9 Å². The van der Waals surface area contributed by atoms with E-state index < -0.39 is 0 Å². The van der Waals surface area contributed by atoms with E-state index in [1.807, 2.05) is 18.2 Å². The van der Waals surface area contributed by atoms with Crippen molar-refractivity contribution in [1.82, 2.24) is 0 Å². The van der Waals surface area contributed by atoms with Crippen LogP contribution in [0.15, 0.2) is 22.7 Å². The maximum atomic E-state index is 10.4. The normalized spacial score (nSPS) is 31.8. The van der Waals surface area contributed by atoms with Gasteiger partial charge >= 0.3 is 0 Å². The first-order chi connectivity index (χ1) is 8.63. The first kappa shape index (κ1) is 13.0. The van der Waals surface area contributed by atoms with Crippen LogP contribution >= 0.6 is 27.5 Å². The van der Waals surface area contributed by atoms with Gasteiger partial charge in [-0.2, -0.15) is 0 Å². The summed E-state index contributed by atoms with van der Waals surface area (Å²) >= 11 is 9.43. The zero-order valence-electron chi connectivity index (χ0n) is 10.3. The zero-order chi connectivity index (χ0) is 12.7. The Morgan fingerprint density at radius 1 is 1.33 bits per heavy atom. The molecule has 0 spiro atoms. The van der Waals surface area contributed by atoms with Crippen LogP contribution in [-0.4, -0.2) is 5.11 Å². The molecule has 2 aliphatic rings. The highest BCUT2D eigenvalue weighted by molar-refractivity contribution is 9.10. The van der Waals surface area contributed by atoms with Crippen LogP contribution in [0.5, 0.6) is 0 Å². The highest BCUT2D eigenvalue weighted by atomic mass is 79.9. The molecular formula is C15H18BrClO. The highest BCUT2D eigenvalue weighted by Crippen LogP contribution is 2.51. The summed E-state index contributed by atoms with van der Waals surface area (Å²) in [5.41, 5.74) is 0.974. The minimum absolute atomic E-state index is 0.360. The van der Waals surface area contributed by atoms with E-state index in [-0.39, 0.29) is 6.10 Å². The zero-order valence-corrected chi connectivity index (χ0v) is 12.6. The molecule has 1 aromatic carbocycles. The van der Waals surface area contributed by atoms with Gasteiger partial charge in [-0.3, -0.25) is 0 Å². The lowest BCUT2D eigenvalue weighted by molar-refractivity contribution is 0.125. The minimum atomic E-state index is -0.360. The summed E-state index contributed by atoms with van der Waals surface area (Å²) in [5, 5.41) is 11.1. The SMILES string of the molecule is OC(CC1CC2CCC1C2)c1ccc(Cl)cc1Br. The van der Waals surface area contributed by atoms with E-state index in [1.165, 1.54) is 25.7 Å². The molecule has 2 fully saturated rings. The van der Waals surface area contributed by atoms with Crippen LogP contribution in [0.3, 0.4) is 0 Å². The third-order valence-electron chi connectivity index (χ3n) is 4.73. The number of benzene rings is 1. The fraction of sp³-hybridized carbons (Fsp3) is 0.600. The third kappa shape index (κ3) is 2.48. The molecule has 0 saturated heterocycles. The molecule has 4 unspecified atom stereocenters. The second kappa shape index (κ2) is 5.15. The second-order valence-electron chi connectivity index (χ2n) is 5.85. The van der Waals surface area contributed by atoms with Gasteiger partial charge in [0.2, 0.25) is 0 Å². The first-order valence-electron chi connectivity index (χ1n) is 6.76. The molecule has 98 valence electrons. The van der Waals surface area contributed by atoms with Crippen molar-refractivity contribution >= 4 is 27.5 Å². The molecule has 3 rings (SSSR count). The van der Waals surface area contributed by atoms with Crippen molar-refractivity contribution in [2.24, 2.45) is 17.8 Å². The van der Waals surface area contributed by atoms with Crippen molar-refractivity contribution in [2.45, 2.75) is 38.2 Å². The molecule has 1 nitrogen and oxygen atoms in total. The largest absolute Gasteiger partial charge is 0.388 e. The molecule has 0 radical (unpaired) electrons. The molecule has 2 saturated carbocycles. The minimum Gasteiger partial charge on any atom is -0.388 e. The topological polar surface area (TPSA) is 20.2 Å². The maximum absolute atomic E-state index is 10.4. The lowest BCUT2D eigenvalue weighted by Gasteiger charge is -2.24. The van der Waals surface area contributed by atoms with Gasteiger partial charge < -0.3 is 5.11 Å². The van der Waals surface area contributed by atoms with Gasteiger partial charge in [0.05, 0.1) is 6.10 Å². The van der Waals surface area contributed by atoms with Crippen LogP contribution in [0.25, 0.3) is 0 Å². The molecule has 3 heteroatoms. The van der Waals surface area contributed by atoms with Crippen LogP contribution in [0.4, 0.5) is 0 Å². The monoisotopic (exact) mass is 328 g/mol. The smallest absolute Gasteiger partial charge is 0.0803 e. The summed E-state index contributed by atoms with van der Waals surface area (Å²) < 4.78 is 0.922. The van der Waals surface area contributed by atoms with Gasteiger partial charge in [-0.25, -0.2) is 0 Å². The van der Waals surface area contributed by atoms with Crippen molar-refractivity contribution in [3.05, 3.63) is 33.3 Å². The fourth-order valence-corrected chi connectivity index (χ4v) is 4.80. The van der Waals surface area contributed by atoms with Gasteiger partial charge in [-0.15, -0.1) is 0 Å². The first-order valence-corrected chi connectivity index (χ1v) is 7.93. The quantitative estimate of drug-likeness (QED) is 0.830. The van der Waals surface area contributed by atoms with Gasteiger partial charge in [0, 0.05) is 9.50 Å². The fourth-order valence-electron chi connectivity index (χ4n) is 3.85. The van der Waals surface area contributed by atoms with Gasteiger partial charge in [0.15, 0.2) is 0 Å². The molecule has 1 aromatic rings. The number of halogens is 2. The predicted octanol–water partition coefficient (Wildman–Crippen LogP) is 4.96. The molecular weight excluding hydrogens is 312 g/mol. The van der Waals surface area contributed by atoms with Crippen molar-refractivity contribution in [3.8, 4) is 0 Å². The van der Waals surface area contributed by atoms with Crippen molar-refractivity contribution in [1.29, 1.82) is 0 Å². The Balaban J connectivity index is 1.69. The molecule has 1 N–H and O–H groups in total. The number of fused-ring (bicyclic) bond motifs is 2. The summed E-state index contributed by atoms with van der Waals surface area (Å²) in [6.07, 6.45) is 6.07. The Morgan fingerprint density at radius 3 is 2.78 bits per heavy atom. The molecule has 18 heavy (non-hydrogen) atoms. The van der Waals surface area contributed by atoms with Crippen molar-refractivity contribution in [2.75, 3.05) is 0 Å². The van der Waals surface area contributed by atoms with E-state index in [0.29, 0.717) is 5.02 Å². The van der Waals surface area contributed by atoms with Crippen LogP contribution in [-0.2, 0) is 0 Å². The lowest BCUT2D eigenvalue weighted by Crippen LogP contribution is -2.14. The lowest BCUT2D eigenvalue weighted by atomic mass is 9.83. The van der Waals surface area contributed by atoms with E-state index in [4.69, 9.17) is 11.6 Å². The Labute approximate surface area is 122 Å². The summed E-state index contributed by atoms with van der Waals surface area (Å²) in [6.45, 7) is 0. The van der Waals surface area contributed by atoms with Gasteiger partial charge in [0.1, 0.15) is 0 Å². The van der Waals surface area contributed by atoms with Crippen LogP contribution in [0, 0.1) is 17.8 Å². The number of aliphatic hydroxyl groups excluding tert-OH is 1. The Kier molecular flexibility index (Phi) is 3.70. The standard InChI is InChI=1S/C15H18BrClO/c16-14-8-12(17)3-4-13(14)15(18)7-11-6-9-1-2-10(11)5-9/h3-4,8-11,15,18H,1-2,5-7H2. The molecule has 2 aliphatic carbocycles. The van der Waals surface area contributed by atoms with E-state index in [0.717, 1.165) is 34.2 Å². The molecule has 0 aliphatic heterocycles. The van der Waals surface area contributed by atoms with Gasteiger partial charge in [0.25, 0.3) is 0 Å². The number of hydrogen-bond donors (Lipinski definition) is 1. The highest BCUT2D eigenvalue weighted by Gasteiger charge is 2.40. The average molecular weight is 330 g/mol. The number of rotatable bonds is 3. The number of aliphatic hydroxyl groups is 1.